The molecule has 13 heteroatoms. The molecule has 1 aliphatic rings. The third kappa shape index (κ3) is 12.5. The lowest BCUT2D eigenvalue weighted by molar-refractivity contribution is 0.280. The average molecular weight is 651 g/mol. The Kier molecular flexibility index (Phi) is 16.2. The third-order valence-corrected chi connectivity index (χ3v) is 7.43. The summed E-state index contributed by atoms with van der Waals surface area (Å²) in [4.78, 5) is 4.18. The number of nitrogens with zero attached hydrogens (tertiary/aromatic N) is 11. The first-order valence-electron chi connectivity index (χ1n) is 16.7. The van der Waals surface area contributed by atoms with Crippen molar-refractivity contribution in [1.29, 1.82) is 0 Å². The van der Waals surface area contributed by atoms with E-state index in [1.807, 2.05) is 54.2 Å². The van der Waals surface area contributed by atoms with Crippen molar-refractivity contribution >= 4 is 0 Å². The van der Waals surface area contributed by atoms with Crippen LogP contribution in [0.5, 0.6) is 0 Å². The van der Waals surface area contributed by atoms with Crippen LogP contribution in [0, 0.1) is 13.8 Å². The number of aromatic nitrogens is 12. The van der Waals surface area contributed by atoms with Gasteiger partial charge in [0.25, 0.3) is 0 Å². The molecule has 0 bridgehead atoms. The summed E-state index contributed by atoms with van der Waals surface area (Å²) in [5.41, 5.74) is 3.16. The Morgan fingerprint density at radius 1 is 0.894 bits per heavy atom. The first-order chi connectivity index (χ1) is 22.3. The van der Waals surface area contributed by atoms with Gasteiger partial charge in [0, 0.05) is 73.1 Å². The summed E-state index contributed by atoms with van der Waals surface area (Å²) in [6.07, 6.45) is 13.5. The number of hydrogen-bond donors (Lipinski definition) is 2. The van der Waals surface area contributed by atoms with Gasteiger partial charge in [0.1, 0.15) is 30.1 Å². The summed E-state index contributed by atoms with van der Waals surface area (Å²) in [6, 6.07) is 3.22. The first kappa shape index (κ1) is 39.1. The maximum absolute atomic E-state index is 8.80. The smallest absolute Gasteiger partial charge is 0.135 e. The summed E-state index contributed by atoms with van der Waals surface area (Å²) in [6.45, 7) is 24.1. The van der Waals surface area contributed by atoms with Crippen LogP contribution in [-0.2, 0) is 20.2 Å². The normalized spacial score (nSPS) is 12.2. The van der Waals surface area contributed by atoms with E-state index in [1.165, 1.54) is 18.5 Å². The minimum absolute atomic E-state index is 0.0734. The number of aromatic amines is 1. The minimum Gasteiger partial charge on any atom is -0.392 e. The van der Waals surface area contributed by atoms with E-state index in [4.69, 9.17) is 5.11 Å². The number of nitrogens with one attached hydrogen (secondary N) is 1. The predicted octanol–water partition coefficient (Wildman–Crippen LogP) is 6.68. The highest BCUT2D eigenvalue weighted by Crippen LogP contribution is 2.34. The number of imidazole rings is 1. The molecule has 5 heterocycles. The topological polar surface area (TPSA) is 146 Å². The van der Waals surface area contributed by atoms with Crippen molar-refractivity contribution in [2.75, 3.05) is 0 Å². The van der Waals surface area contributed by atoms with Crippen LogP contribution in [0.4, 0.5) is 0 Å². The third-order valence-electron chi connectivity index (χ3n) is 7.43. The molecular weight excluding hydrogens is 592 g/mol. The first-order valence-corrected chi connectivity index (χ1v) is 16.7. The largest absolute Gasteiger partial charge is 0.392 e. The molecule has 1 aliphatic carbocycles. The van der Waals surface area contributed by atoms with E-state index in [0.29, 0.717) is 23.8 Å². The molecule has 2 N–H and O–H groups in total. The molecule has 0 unspecified atom stereocenters. The number of H-pyrrole nitrogens is 1. The van der Waals surface area contributed by atoms with Crippen LogP contribution in [0.25, 0.3) is 0 Å². The molecule has 5 aromatic rings. The van der Waals surface area contributed by atoms with E-state index in [0.717, 1.165) is 41.3 Å². The molecule has 0 atom stereocenters. The highest BCUT2D eigenvalue weighted by atomic mass is 16.3. The summed E-state index contributed by atoms with van der Waals surface area (Å²) >= 11 is 0. The van der Waals surface area contributed by atoms with Gasteiger partial charge in [-0.3, -0.25) is 9.78 Å². The van der Waals surface area contributed by atoms with Crippen LogP contribution >= 0.6 is 0 Å². The van der Waals surface area contributed by atoms with Gasteiger partial charge in [0.05, 0.1) is 12.8 Å². The van der Waals surface area contributed by atoms with E-state index < -0.39 is 0 Å². The van der Waals surface area contributed by atoms with Crippen molar-refractivity contribution in [1.82, 2.24) is 59.1 Å². The molecule has 0 aliphatic heterocycles. The monoisotopic (exact) mass is 650 g/mol. The van der Waals surface area contributed by atoms with E-state index in [-0.39, 0.29) is 6.61 Å². The van der Waals surface area contributed by atoms with Gasteiger partial charge in [0.15, 0.2) is 0 Å². The molecular formula is C34H58N12O. The molecule has 0 saturated heterocycles. The summed E-state index contributed by atoms with van der Waals surface area (Å²) < 4.78 is 8.25. The van der Waals surface area contributed by atoms with Gasteiger partial charge < -0.3 is 18.8 Å². The molecule has 0 radical (unpaired) electrons. The molecule has 1 saturated carbocycles. The van der Waals surface area contributed by atoms with E-state index in [1.54, 1.807) is 12.5 Å². The maximum Gasteiger partial charge on any atom is 0.135 e. The Balaban J connectivity index is 0.000000204. The fraction of sp³-hybridized carbons (Fsp3) is 0.618. The lowest BCUT2D eigenvalue weighted by atomic mass is 10.1. The number of aliphatic hydroxyl groups is 1. The quantitative estimate of drug-likeness (QED) is 0.198. The van der Waals surface area contributed by atoms with Crippen molar-refractivity contribution in [2.45, 2.75) is 132 Å². The SMILES string of the molecule is CC(C)c1[nH]ncc1CO.CC(C)c1nccn1C.CCn1cnnc1C(C)C.Cc1ccnn1C(C)C.Cc1nncn1C1CC1. The number of aliphatic hydroxyl groups excluding tert-OH is 1. The van der Waals surface area contributed by atoms with Crippen molar-refractivity contribution < 1.29 is 5.11 Å². The zero-order chi connectivity index (χ0) is 35.1. The van der Waals surface area contributed by atoms with Crippen molar-refractivity contribution in [3.63, 3.8) is 0 Å². The molecule has 260 valence electrons. The predicted molar refractivity (Wildman–Crippen MR) is 186 cm³/mol. The standard InChI is InChI=1S/C7H13N3.C7H12N2O.2C7H12N2.C6H9N3/c1-4-10-5-8-9-7(10)6(2)3;1-5(2)7-6(4-10)3-8-9-7;1-6(2)7-8-4-5-9(7)3;1-6(2)9-7(3)4-5-8-9;1-5-8-7-4-9(5)6-2-3-6/h5-6H,4H2,1-3H3;3,5,10H,4H2,1-2H3,(H,8,9);2*4-6H,1-3H3;4,6H,2-3H2,1H3. The van der Waals surface area contributed by atoms with E-state index in [9.17, 15) is 0 Å². The Bertz CT molecular complexity index is 1390. The number of rotatable bonds is 7. The molecule has 47 heavy (non-hydrogen) atoms. The average Bonchev–Trinajstić information content (AvgIpc) is 3.59. The molecule has 6 rings (SSSR count). The lowest BCUT2D eigenvalue weighted by Gasteiger charge is -2.06. The molecule has 5 aromatic heterocycles. The second kappa shape index (κ2) is 19.5. The van der Waals surface area contributed by atoms with Crippen molar-refractivity contribution in [2.24, 2.45) is 7.05 Å². The van der Waals surface area contributed by atoms with Crippen LogP contribution in [0.3, 0.4) is 0 Å². The molecule has 0 aromatic carbocycles. The van der Waals surface area contributed by atoms with Crippen LogP contribution in [0.1, 0.15) is 139 Å². The van der Waals surface area contributed by atoms with Gasteiger partial charge in [-0.1, -0.05) is 41.5 Å². The van der Waals surface area contributed by atoms with Gasteiger partial charge >= 0.3 is 0 Å². The lowest BCUT2D eigenvalue weighted by Crippen LogP contribution is -2.03. The molecule has 1 fully saturated rings. The highest BCUT2D eigenvalue weighted by molar-refractivity contribution is 5.18. The maximum atomic E-state index is 8.80. The number of aryl methyl sites for hydroxylation is 4. The van der Waals surface area contributed by atoms with Gasteiger partial charge in [-0.25, -0.2) is 4.98 Å². The van der Waals surface area contributed by atoms with E-state index in [2.05, 4.69) is 119 Å². The van der Waals surface area contributed by atoms with Crippen LogP contribution in [0.2, 0.25) is 0 Å². The fourth-order valence-electron chi connectivity index (χ4n) is 4.77. The zero-order valence-electron chi connectivity index (χ0n) is 30.6. The Labute approximate surface area is 280 Å². The van der Waals surface area contributed by atoms with Crippen LogP contribution < -0.4 is 0 Å². The van der Waals surface area contributed by atoms with Crippen LogP contribution in [0.15, 0.2) is 43.5 Å². The van der Waals surface area contributed by atoms with Gasteiger partial charge in [-0.2, -0.15) is 10.2 Å². The summed E-state index contributed by atoms with van der Waals surface area (Å²) in [5, 5.41) is 35.1. The molecule has 13 nitrogen and oxygen atoms in total. The Morgan fingerprint density at radius 2 is 1.55 bits per heavy atom. The summed E-state index contributed by atoms with van der Waals surface area (Å²) in [5.74, 6) is 4.67. The fourth-order valence-corrected chi connectivity index (χ4v) is 4.77. The Morgan fingerprint density at radius 3 is 1.89 bits per heavy atom. The molecule has 0 spiro atoms. The van der Waals surface area contributed by atoms with Gasteiger partial charge in [-0.15, -0.1) is 20.4 Å². The van der Waals surface area contributed by atoms with E-state index >= 15 is 0 Å². The van der Waals surface area contributed by atoms with Crippen LogP contribution in [-0.4, -0.2) is 64.2 Å². The Hall–Kier alpha value is -4.13. The second-order valence-electron chi connectivity index (χ2n) is 12.8. The van der Waals surface area contributed by atoms with Gasteiger partial charge in [-0.05, 0) is 59.4 Å². The van der Waals surface area contributed by atoms with Crippen molar-refractivity contribution in [3.8, 4) is 0 Å². The second-order valence-corrected chi connectivity index (χ2v) is 12.8. The summed E-state index contributed by atoms with van der Waals surface area (Å²) in [7, 11) is 2.02. The molecule has 0 amide bonds. The van der Waals surface area contributed by atoms with Gasteiger partial charge in [0.2, 0.25) is 0 Å². The minimum atomic E-state index is 0.0734. The zero-order valence-corrected chi connectivity index (χ0v) is 30.6. The number of hydrogen-bond acceptors (Lipinski definition) is 8. The van der Waals surface area contributed by atoms with Crippen molar-refractivity contribution in [3.05, 3.63) is 77.9 Å². The highest BCUT2D eigenvalue weighted by Gasteiger charge is 2.24.